The summed E-state index contributed by atoms with van der Waals surface area (Å²) in [5, 5.41) is 12.2. The van der Waals surface area contributed by atoms with Crippen LogP contribution in [0.5, 0.6) is 0 Å². The monoisotopic (exact) mass is 341 g/mol. The molecule has 23 heavy (non-hydrogen) atoms. The number of carbonyl (C=O) groups is 3. The maximum Gasteiger partial charge on any atom is 0.348 e. The van der Waals surface area contributed by atoms with Crippen LogP contribution in [0.4, 0.5) is 5.00 Å². The van der Waals surface area contributed by atoms with E-state index in [1.165, 1.54) is 6.92 Å². The van der Waals surface area contributed by atoms with Gasteiger partial charge >= 0.3 is 11.9 Å². The molecule has 0 aromatic carbocycles. The Morgan fingerprint density at radius 1 is 1.43 bits per heavy atom. The van der Waals surface area contributed by atoms with Crippen molar-refractivity contribution in [3.8, 4) is 0 Å². The molecule has 0 aliphatic carbocycles. The predicted molar refractivity (Wildman–Crippen MR) is 84.1 cm³/mol. The number of esters is 1. The predicted octanol–water partition coefficient (Wildman–Crippen LogP) is 2.30. The average molecular weight is 341 g/mol. The van der Waals surface area contributed by atoms with Crippen LogP contribution in [0.2, 0.25) is 0 Å². The normalized spacial score (nSPS) is 17.6. The summed E-state index contributed by atoms with van der Waals surface area (Å²) in [6.45, 7) is 4.36. The molecule has 126 valence electrons. The Kier molecular flexibility index (Phi) is 5.73. The van der Waals surface area contributed by atoms with Gasteiger partial charge in [0, 0.05) is 6.61 Å². The molecule has 1 aliphatic heterocycles. The molecule has 1 fully saturated rings. The number of ether oxygens (including phenoxy) is 2. The maximum absolute atomic E-state index is 12.3. The first-order valence-corrected chi connectivity index (χ1v) is 8.19. The van der Waals surface area contributed by atoms with E-state index >= 15 is 0 Å². The summed E-state index contributed by atoms with van der Waals surface area (Å²) in [4.78, 5) is 35.8. The van der Waals surface area contributed by atoms with Crippen molar-refractivity contribution in [2.45, 2.75) is 26.7 Å². The Bertz CT molecular complexity index is 618. The van der Waals surface area contributed by atoms with Gasteiger partial charge < -0.3 is 19.9 Å². The van der Waals surface area contributed by atoms with Crippen LogP contribution in [0.3, 0.4) is 0 Å². The van der Waals surface area contributed by atoms with Gasteiger partial charge in [-0.3, -0.25) is 4.79 Å². The van der Waals surface area contributed by atoms with Crippen molar-refractivity contribution in [3.63, 3.8) is 0 Å². The van der Waals surface area contributed by atoms with E-state index in [-0.39, 0.29) is 33.9 Å². The van der Waals surface area contributed by atoms with Crippen LogP contribution in [-0.2, 0) is 14.3 Å². The lowest BCUT2D eigenvalue weighted by atomic mass is 10.0. The third-order valence-corrected chi connectivity index (χ3v) is 4.78. The lowest BCUT2D eigenvalue weighted by Crippen LogP contribution is -2.30. The van der Waals surface area contributed by atoms with Crippen molar-refractivity contribution in [1.82, 2.24) is 0 Å². The standard InChI is InChI=1S/C15H19NO6S/c1-3-22-15(20)11-8(2)10(14(18)19)13(23-11)16-12(17)9-5-4-6-21-7-9/h9H,3-7H2,1-2H3,(H,16,17)(H,18,19). The molecular formula is C15H19NO6S. The van der Waals surface area contributed by atoms with Gasteiger partial charge in [0.2, 0.25) is 5.91 Å². The number of hydrogen-bond donors (Lipinski definition) is 2. The number of rotatable bonds is 5. The van der Waals surface area contributed by atoms with Crippen molar-refractivity contribution in [3.05, 3.63) is 16.0 Å². The topological polar surface area (TPSA) is 102 Å². The molecule has 0 bridgehead atoms. The van der Waals surface area contributed by atoms with E-state index in [0.29, 0.717) is 25.2 Å². The summed E-state index contributed by atoms with van der Waals surface area (Å²) in [6, 6.07) is 0. The van der Waals surface area contributed by atoms with Gasteiger partial charge in [0.15, 0.2) is 0 Å². The Morgan fingerprint density at radius 2 is 2.17 bits per heavy atom. The molecule has 1 aromatic heterocycles. The van der Waals surface area contributed by atoms with Gasteiger partial charge in [-0.15, -0.1) is 11.3 Å². The largest absolute Gasteiger partial charge is 0.478 e. The molecule has 1 amide bonds. The van der Waals surface area contributed by atoms with E-state index in [0.717, 1.165) is 17.8 Å². The molecule has 0 spiro atoms. The summed E-state index contributed by atoms with van der Waals surface area (Å²) in [7, 11) is 0. The van der Waals surface area contributed by atoms with Gasteiger partial charge in [-0.2, -0.15) is 0 Å². The summed E-state index contributed by atoms with van der Waals surface area (Å²) < 4.78 is 10.2. The first-order chi connectivity index (χ1) is 11.0. The van der Waals surface area contributed by atoms with Crippen molar-refractivity contribution in [2.24, 2.45) is 5.92 Å². The summed E-state index contributed by atoms with van der Waals surface area (Å²) in [5.41, 5.74) is 0.235. The Hall–Kier alpha value is -1.93. The summed E-state index contributed by atoms with van der Waals surface area (Å²) in [5.74, 6) is -2.37. The molecule has 2 rings (SSSR count). The van der Waals surface area contributed by atoms with Crippen LogP contribution < -0.4 is 5.32 Å². The quantitative estimate of drug-likeness (QED) is 0.797. The number of hydrogen-bond acceptors (Lipinski definition) is 6. The minimum absolute atomic E-state index is 0.0665. The second kappa shape index (κ2) is 7.56. The lowest BCUT2D eigenvalue weighted by Gasteiger charge is -2.21. The van der Waals surface area contributed by atoms with E-state index in [1.807, 2.05) is 0 Å². The first kappa shape index (κ1) is 17.4. The van der Waals surface area contributed by atoms with Crippen molar-refractivity contribution in [2.75, 3.05) is 25.1 Å². The molecular weight excluding hydrogens is 322 g/mol. The number of carboxylic acid groups (broad SMARTS) is 1. The van der Waals surface area contributed by atoms with Crippen molar-refractivity contribution in [1.29, 1.82) is 0 Å². The molecule has 0 radical (unpaired) electrons. The molecule has 0 saturated carbocycles. The van der Waals surface area contributed by atoms with Gasteiger partial charge in [0.1, 0.15) is 9.88 Å². The van der Waals surface area contributed by atoms with Crippen LogP contribution in [0.25, 0.3) is 0 Å². The van der Waals surface area contributed by atoms with Crippen LogP contribution in [-0.4, -0.2) is 42.8 Å². The van der Waals surface area contributed by atoms with Crippen LogP contribution in [0.1, 0.15) is 45.4 Å². The van der Waals surface area contributed by atoms with Gasteiger partial charge in [-0.05, 0) is 32.3 Å². The third kappa shape index (κ3) is 3.89. The zero-order valence-corrected chi connectivity index (χ0v) is 13.8. The molecule has 1 aromatic rings. The number of nitrogens with one attached hydrogen (secondary N) is 1. The van der Waals surface area contributed by atoms with Gasteiger partial charge in [-0.25, -0.2) is 9.59 Å². The van der Waals surface area contributed by atoms with Crippen molar-refractivity contribution < 1.29 is 29.0 Å². The van der Waals surface area contributed by atoms with Gasteiger partial charge in [0.25, 0.3) is 0 Å². The van der Waals surface area contributed by atoms with E-state index in [1.54, 1.807) is 6.92 Å². The highest BCUT2D eigenvalue weighted by Crippen LogP contribution is 2.34. The molecule has 7 nitrogen and oxygen atoms in total. The Labute approximate surface area is 137 Å². The number of carboxylic acids is 1. The highest BCUT2D eigenvalue weighted by Gasteiger charge is 2.28. The maximum atomic E-state index is 12.3. The van der Waals surface area contributed by atoms with Crippen LogP contribution >= 0.6 is 11.3 Å². The van der Waals surface area contributed by atoms with E-state index in [9.17, 15) is 19.5 Å². The fourth-order valence-electron chi connectivity index (χ4n) is 2.41. The smallest absolute Gasteiger partial charge is 0.348 e. The average Bonchev–Trinajstić information content (AvgIpc) is 2.85. The van der Waals surface area contributed by atoms with Crippen LogP contribution in [0.15, 0.2) is 0 Å². The minimum Gasteiger partial charge on any atom is -0.478 e. The molecule has 2 heterocycles. The summed E-state index contributed by atoms with van der Waals surface area (Å²) >= 11 is 0.927. The number of thiophene rings is 1. The van der Waals surface area contributed by atoms with Crippen LogP contribution in [0, 0.1) is 12.8 Å². The summed E-state index contributed by atoms with van der Waals surface area (Å²) in [6.07, 6.45) is 1.49. The zero-order chi connectivity index (χ0) is 17.0. The Balaban J connectivity index is 2.26. The number of amides is 1. The number of anilines is 1. The second-order valence-corrected chi connectivity index (χ2v) is 6.21. The van der Waals surface area contributed by atoms with E-state index in [2.05, 4.69) is 5.32 Å². The fourth-order valence-corrected chi connectivity index (χ4v) is 3.51. The van der Waals surface area contributed by atoms with Crippen molar-refractivity contribution >= 4 is 34.2 Å². The molecule has 8 heteroatoms. The highest BCUT2D eigenvalue weighted by molar-refractivity contribution is 7.18. The zero-order valence-electron chi connectivity index (χ0n) is 13.0. The number of carbonyl (C=O) groups excluding carboxylic acids is 2. The third-order valence-electron chi connectivity index (χ3n) is 3.59. The highest BCUT2D eigenvalue weighted by atomic mass is 32.1. The SMILES string of the molecule is CCOC(=O)c1sc(NC(=O)C2CCCOC2)c(C(=O)O)c1C. The fraction of sp³-hybridized carbons (Fsp3) is 0.533. The second-order valence-electron chi connectivity index (χ2n) is 5.19. The van der Waals surface area contributed by atoms with E-state index in [4.69, 9.17) is 9.47 Å². The lowest BCUT2D eigenvalue weighted by molar-refractivity contribution is -0.123. The molecule has 1 unspecified atom stereocenters. The minimum atomic E-state index is -1.19. The molecule has 1 saturated heterocycles. The molecule has 2 N–H and O–H groups in total. The van der Waals surface area contributed by atoms with E-state index < -0.39 is 11.9 Å². The Morgan fingerprint density at radius 3 is 2.74 bits per heavy atom. The number of aromatic carboxylic acids is 1. The molecule has 1 aliphatic rings. The molecule has 1 atom stereocenters. The van der Waals surface area contributed by atoms with Gasteiger partial charge in [0.05, 0.1) is 24.7 Å². The first-order valence-electron chi connectivity index (χ1n) is 7.38. The van der Waals surface area contributed by atoms with Gasteiger partial charge in [-0.1, -0.05) is 0 Å².